The van der Waals surface area contributed by atoms with Crippen molar-refractivity contribution in [3.05, 3.63) is 0 Å². The zero-order chi connectivity index (χ0) is 13.7. The molecule has 0 radical (unpaired) electrons. The number of hydrogen-bond acceptors (Lipinski definition) is 4. The van der Waals surface area contributed by atoms with Gasteiger partial charge in [-0.25, -0.2) is 9.69 Å². The highest BCUT2D eigenvalue weighted by atomic mass is 16.2. The van der Waals surface area contributed by atoms with Crippen LogP contribution in [0.3, 0.4) is 0 Å². The van der Waals surface area contributed by atoms with Gasteiger partial charge in [-0.05, 0) is 6.42 Å². The first-order chi connectivity index (χ1) is 8.52. The van der Waals surface area contributed by atoms with Crippen molar-refractivity contribution in [1.82, 2.24) is 15.1 Å². The first-order valence-corrected chi connectivity index (χ1v) is 5.40. The van der Waals surface area contributed by atoms with Gasteiger partial charge < -0.3 is 5.32 Å². The smallest absolute Gasteiger partial charge is 0.334 e. The molecule has 0 bridgehead atoms. The fourth-order valence-electron chi connectivity index (χ4n) is 1.46. The number of terminal acetylenes is 1. The molecule has 0 unspecified atom stereocenters. The summed E-state index contributed by atoms with van der Waals surface area (Å²) in [7, 11) is 0. The third kappa shape index (κ3) is 2.66. The van der Waals surface area contributed by atoms with Gasteiger partial charge in [-0.15, -0.1) is 6.42 Å². The molecule has 0 atom stereocenters. The predicted octanol–water partition coefficient (Wildman–Crippen LogP) is -1.06. The Kier molecular flexibility index (Phi) is 4.43. The van der Waals surface area contributed by atoms with Gasteiger partial charge in [0.25, 0.3) is 0 Å². The molecular formula is C11H13N3O4. The van der Waals surface area contributed by atoms with Gasteiger partial charge in [0.05, 0.1) is 6.54 Å². The maximum Gasteiger partial charge on any atom is 0.334 e. The van der Waals surface area contributed by atoms with Crippen molar-refractivity contribution in [2.24, 2.45) is 0 Å². The van der Waals surface area contributed by atoms with Crippen LogP contribution in [-0.4, -0.2) is 53.2 Å². The summed E-state index contributed by atoms with van der Waals surface area (Å²) in [4.78, 5) is 47.5. The van der Waals surface area contributed by atoms with Crippen molar-refractivity contribution in [2.45, 2.75) is 13.3 Å². The van der Waals surface area contributed by atoms with E-state index in [9.17, 15) is 19.2 Å². The zero-order valence-electron chi connectivity index (χ0n) is 9.93. The third-order valence-corrected chi connectivity index (χ3v) is 2.27. The Morgan fingerprint density at radius 1 is 1.28 bits per heavy atom. The van der Waals surface area contributed by atoms with E-state index in [1.54, 1.807) is 6.92 Å². The Balaban J connectivity index is 2.70. The Morgan fingerprint density at radius 3 is 2.44 bits per heavy atom. The van der Waals surface area contributed by atoms with Gasteiger partial charge in [-0.1, -0.05) is 12.8 Å². The highest BCUT2D eigenvalue weighted by Crippen LogP contribution is 2.11. The van der Waals surface area contributed by atoms with Crippen LogP contribution in [0.25, 0.3) is 0 Å². The van der Waals surface area contributed by atoms with Gasteiger partial charge in [0.15, 0.2) is 0 Å². The standard InChI is InChI=1S/C11H13N3O4/c1-3-5-12-8(15)7-14-10(17)9(16)13(6-4-2)11(14)18/h1H,4-7H2,2H3,(H,12,15). The summed E-state index contributed by atoms with van der Waals surface area (Å²) < 4.78 is 0. The fraction of sp³-hybridized carbons (Fsp3) is 0.455. The molecule has 18 heavy (non-hydrogen) atoms. The predicted molar refractivity (Wildman–Crippen MR) is 61.0 cm³/mol. The first kappa shape index (κ1) is 13.7. The van der Waals surface area contributed by atoms with Crippen LogP contribution in [0.2, 0.25) is 0 Å². The lowest BCUT2D eigenvalue weighted by Crippen LogP contribution is -2.41. The Labute approximate surface area is 104 Å². The number of urea groups is 1. The van der Waals surface area contributed by atoms with Gasteiger partial charge in [-0.3, -0.25) is 19.3 Å². The van der Waals surface area contributed by atoms with Gasteiger partial charge in [0, 0.05) is 6.54 Å². The minimum atomic E-state index is -0.982. The van der Waals surface area contributed by atoms with Crippen molar-refractivity contribution < 1.29 is 19.2 Å². The van der Waals surface area contributed by atoms with Crippen molar-refractivity contribution >= 4 is 23.8 Å². The topological polar surface area (TPSA) is 86.8 Å². The molecule has 5 amide bonds. The second-order valence-corrected chi connectivity index (χ2v) is 3.61. The van der Waals surface area contributed by atoms with Gasteiger partial charge in [-0.2, -0.15) is 0 Å². The summed E-state index contributed by atoms with van der Waals surface area (Å²) in [6.45, 7) is 1.44. The Bertz CT molecular complexity index is 438. The average molecular weight is 251 g/mol. The summed E-state index contributed by atoms with van der Waals surface area (Å²) in [6.07, 6.45) is 5.49. The zero-order valence-corrected chi connectivity index (χ0v) is 9.93. The number of nitrogens with zero attached hydrogens (tertiary/aromatic N) is 2. The molecule has 0 spiro atoms. The largest absolute Gasteiger partial charge is 0.344 e. The summed E-state index contributed by atoms with van der Waals surface area (Å²) in [5.41, 5.74) is 0. The number of imide groups is 2. The molecule has 1 N–H and O–H groups in total. The van der Waals surface area contributed by atoms with Gasteiger partial charge in [0.1, 0.15) is 6.54 Å². The van der Waals surface area contributed by atoms with Crippen LogP contribution in [0.5, 0.6) is 0 Å². The maximum absolute atomic E-state index is 11.7. The van der Waals surface area contributed by atoms with Crippen LogP contribution in [0.1, 0.15) is 13.3 Å². The molecule has 1 saturated heterocycles. The van der Waals surface area contributed by atoms with E-state index in [0.717, 1.165) is 4.90 Å². The Hall–Kier alpha value is -2.36. The van der Waals surface area contributed by atoms with E-state index < -0.39 is 30.3 Å². The number of carbonyl (C=O) groups excluding carboxylic acids is 4. The maximum atomic E-state index is 11.7. The molecule has 96 valence electrons. The van der Waals surface area contributed by atoms with Crippen LogP contribution in [0, 0.1) is 12.3 Å². The number of carbonyl (C=O) groups is 4. The molecule has 1 fully saturated rings. The van der Waals surface area contributed by atoms with Crippen LogP contribution < -0.4 is 5.32 Å². The van der Waals surface area contributed by atoms with E-state index in [0.29, 0.717) is 11.3 Å². The van der Waals surface area contributed by atoms with Crippen molar-refractivity contribution in [2.75, 3.05) is 19.6 Å². The first-order valence-electron chi connectivity index (χ1n) is 5.40. The molecular weight excluding hydrogens is 238 g/mol. The van der Waals surface area contributed by atoms with E-state index in [2.05, 4.69) is 11.2 Å². The van der Waals surface area contributed by atoms with Gasteiger partial charge in [0.2, 0.25) is 5.91 Å². The average Bonchev–Trinajstić information content (AvgIpc) is 2.54. The highest BCUT2D eigenvalue weighted by Gasteiger charge is 2.44. The molecule has 7 heteroatoms. The van der Waals surface area contributed by atoms with E-state index in [1.807, 2.05) is 0 Å². The van der Waals surface area contributed by atoms with Crippen LogP contribution in [0.4, 0.5) is 4.79 Å². The fourth-order valence-corrected chi connectivity index (χ4v) is 1.46. The summed E-state index contributed by atoms with van der Waals surface area (Å²) in [6, 6.07) is -0.761. The minimum absolute atomic E-state index is 0.00166. The molecule has 1 aliphatic heterocycles. The van der Waals surface area contributed by atoms with Crippen LogP contribution in [-0.2, 0) is 14.4 Å². The highest BCUT2D eigenvalue weighted by molar-refractivity contribution is 6.45. The quantitative estimate of drug-likeness (QED) is 0.383. The normalized spacial score (nSPS) is 15.0. The summed E-state index contributed by atoms with van der Waals surface area (Å²) in [5, 5.41) is 2.31. The molecule has 0 aromatic heterocycles. The monoisotopic (exact) mass is 251 g/mol. The van der Waals surface area contributed by atoms with Crippen LogP contribution >= 0.6 is 0 Å². The van der Waals surface area contributed by atoms with Gasteiger partial charge >= 0.3 is 17.8 Å². The molecule has 0 aromatic carbocycles. The number of hydrogen-bond donors (Lipinski definition) is 1. The lowest BCUT2D eigenvalue weighted by atomic mass is 10.4. The minimum Gasteiger partial charge on any atom is -0.344 e. The van der Waals surface area contributed by atoms with Crippen molar-refractivity contribution in [3.8, 4) is 12.3 Å². The second-order valence-electron chi connectivity index (χ2n) is 3.61. The molecule has 0 aliphatic carbocycles. The van der Waals surface area contributed by atoms with E-state index in [1.165, 1.54) is 0 Å². The third-order valence-electron chi connectivity index (χ3n) is 2.27. The summed E-state index contributed by atoms with van der Waals surface area (Å²) >= 11 is 0. The van der Waals surface area contributed by atoms with E-state index in [4.69, 9.17) is 6.42 Å². The van der Waals surface area contributed by atoms with E-state index >= 15 is 0 Å². The second kappa shape index (κ2) is 5.82. The number of amides is 5. The van der Waals surface area contributed by atoms with Crippen molar-refractivity contribution in [1.29, 1.82) is 0 Å². The molecule has 7 nitrogen and oxygen atoms in total. The van der Waals surface area contributed by atoms with E-state index in [-0.39, 0.29) is 13.1 Å². The lowest BCUT2D eigenvalue weighted by molar-refractivity contribution is -0.144. The number of nitrogens with one attached hydrogen (secondary N) is 1. The molecule has 0 aromatic rings. The lowest BCUT2D eigenvalue weighted by Gasteiger charge is -2.14. The molecule has 1 rings (SSSR count). The molecule has 1 heterocycles. The van der Waals surface area contributed by atoms with Crippen molar-refractivity contribution in [3.63, 3.8) is 0 Å². The SMILES string of the molecule is C#CCNC(=O)CN1C(=O)C(=O)N(CCC)C1=O. The Morgan fingerprint density at radius 2 is 1.89 bits per heavy atom. The molecule has 0 saturated carbocycles. The molecule has 1 aliphatic rings. The van der Waals surface area contributed by atoms with Crippen LogP contribution in [0.15, 0.2) is 0 Å². The summed E-state index contributed by atoms with van der Waals surface area (Å²) in [5.74, 6) is -0.275. The number of rotatable bonds is 5.